The van der Waals surface area contributed by atoms with E-state index in [1.54, 1.807) is 6.20 Å². The topological polar surface area (TPSA) is 35.0 Å². The van der Waals surface area contributed by atoms with Crippen LogP contribution in [0.25, 0.3) is 10.9 Å². The molecule has 0 bridgehead atoms. The Balaban J connectivity index is 1.63. The number of benzene rings is 2. The highest BCUT2D eigenvalue weighted by molar-refractivity contribution is 5.77. The summed E-state index contributed by atoms with van der Waals surface area (Å²) in [7, 11) is 0. The van der Waals surface area contributed by atoms with Crippen molar-refractivity contribution in [1.29, 1.82) is 0 Å². The Hall–Kier alpha value is -2.42. The van der Waals surface area contributed by atoms with E-state index in [0.29, 0.717) is 12.6 Å². The number of fused-ring (bicyclic) bond motifs is 1. The van der Waals surface area contributed by atoms with E-state index in [4.69, 9.17) is 4.74 Å². The third-order valence-electron chi connectivity index (χ3n) is 3.21. The van der Waals surface area contributed by atoms with Crippen molar-refractivity contribution in [2.24, 2.45) is 0 Å². The Kier molecular flexibility index (Phi) is 3.59. The summed E-state index contributed by atoms with van der Waals surface area (Å²) in [6, 6.07) is 16.8. The second-order valence-corrected chi connectivity index (χ2v) is 4.80. The molecule has 0 aliphatic heterocycles. The van der Waals surface area contributed by atoms with Crippen LogP contribution in [0.2, 0.25) is 0 Å². The fraction of sp³-hybridized carbons (Fsp3) is 0.176. The monoisotopic (exact) mass is 264 g/mol. The third kappa shape index (κ3) is 2.94. The summed E-state index contributed by atoms with van der Waals surface area (Å²) in [5.74, 6) is 0. The molecule has 0 amide bonds. The van der Waals surface area contributed by atoms with Gasteiger partial charge in [-0.1, -0.05) is 48.0 Å². The second kappa shape index (κ2) is 5.70. The van der Waals surface area contributed by atoms with E-state index in [1.807, 2.05) is 24.3 Å². The molecule has 0 atom stereocenters. The summed E-state index contributed by atoms with van der Waals surface area (Å²) in [6.07, 6.45) is 2.65. The van der Waals surface area contributed by atoms with Crippen molar-refractivity contribution in [2.45, 2.75) is 13.3 Å². The number of aromatic nitrogens is 2. The van der Waals surface area contributed by atoms with E-state index in [-0.39, 0.29) is 0 Å². The molecule has 3 aromatic rings. The van der Waals surface area contributed by atoms with Crippen molar-refractivity contribution in [3.05, 3.63) is 65.9 Å². The predicted molar refractivity (Wildman–Crippen MR) is 79.9 cm³/mol. The zero-order chi connectivity index (χ0) is 13.8. The average molecular weight is 264 g/mol. The quantitative estimate of drug-likeness (QED) is 0.722. The van der Waals surface area contributed by atoms with Crippen LogP contribution in [0.5, 0.6) is 6.01 Å². The molecule has 0 saturated carbocycles. The van der Waals surface area contributed by atoms with Gasteiger partial charge in [-0.3, -0.25) is 0 Å². The highest BCUT2D eigenvalue weighted by Gasteiger charge is 2.00. The highest BCUT2D eigenvalue weighted by Crippen LogP contribution is 2.13. The minimum Gasteiger partial charge on any atom is -0.463 e. The molecule has 0 aliphatic carbocycles. The molecule has 0 unspecified atom stereocenters. The smallest absolute Gasteiger partial charge is 0.316 e. The summed E-state index contributed by atoms with van der Waals surface area (Å²) in [6.45, 7) is 2.67. The Morgan fingerprint density at radius 1 is 1.00 bits per heavy atom. The Morgan fingerprint density at radius 2 is 1.80 bits per heavy atom. The van der Waals surface area contributed by atoms with Crippen molar-refractivity contribution in [2.75, 3.05) is 6.61 Å². The molecule has 1 aromatic heterocycles. The fourth-order valence-electron chi connectivity index (χ4n) is 2.04. The van der Waals surface area contributed by atoms with Crippen LogP contribution >= 0.6 is 0 Å². The van der Waals surface area contributed by atoms with E-state index in [0.717, 1.165) is 17.3 Å². The molecule has 0 spiro atoms. The van der Waals surface area contributed by atoms with E-state index in [2.05, 4.69) is 41.2 Å². The summed E-state index contributed by atoms with van der Waals surface area (Å²) >= 11 is 0. The Labute approximate surface area is 118 Å². The van der Waals surface area contributed by atoms with Crippen LogP contribution in [0.1, 0.15) is 11.1 Å². The highest BCUT2D eigenvalue weighted by atomic mass is 16.5. The van der Waals surface area contributed by atoms with Crippen LogP contribution < -0.4 is 4.74 Å². The van der Waals surface area contributed by atoms with Gasteiger partial charge in [0.05, 0.1) is 12.1 Å². The zero-order valence-corrected chi connectivity index (χ0v) is 11.4. The Bertz CT molecular complexity index is 708. The standard InChI is InChI=1S/C17H16N2O/c1-13-6-8-14(9-7-13)10-11-20-17-18-12-15-4-2-3-5-16(15)19-17/h2-9,12H,10-11H2,1H3. The maximum atomic E-state index is 5.63. The van der Waals surface area contributed by atoms with Gasteiger partial charge in [-0.15, -0.1) is 0 Å². The van der Waals surface area contributed by atoms with Crippen LogP contribution in [0.15, 0.2) is 54.7 Å². The lowest BCUT2D eigenvalue weighted by Crippen LogP contribution is -2.04. The van der Waals surface area contributed by atoms with Crippen LogP contribution in [0.3, 0.4) is 0 Å². The van der Waals surface area contributed by atoms with Crippen LogP contribution in [0.4, 0.5) is 0 Å². The molecule has 1 heterocycles. The van der Waals surface area contributed by atoms with Gasteiger partial charge in [0.15, 0.2) is 0 Å². The largest absolute Gasteiger partial charge is 0.463 e. The number of para-hydroxylation sites is 1. The minimum absolute atomic E-state index is 0.441. The van der Waals surface area contributed by atoms with Gasteiger partial charge in [-0.25, -0.2) is 4.98 Å². The van der Waals surface area contributed by atoms with Crippen LogP contribution in [0, 0.1) is 6.92 Å². The van der Waals surface area contributed by atoms with Crippen LogP contribution in [-0.4, -0.2) is 16.6 Å². The van der Waals surface area contributed by atoms with Gasteiger partial charge >= 0.3 is 6.01 Å². The third-order valence-corrected chi connectivity index (χ3v) is 3.21. The van der Waals surface area contributed by atoms with Crippen molar-refractivity contribution < 1.29 is 4.74 Å². The molecule has 3 heteroatoms. The maximum Gasteiger partial charge on any atom is 0.316 e. The van der Waals surface area contributed by atoms with Gasteiger partial charge in [0.1, 0.15) is 0 Å². The molecule has 0 saturated heterocycles. The average Bonchev–Trinajstić information content (AvgIpc) is 2.49. The molecular weight excluding hydrogens is 248 g/mol. The Morgan fingerprint density at radius 3 is 2.65 bits per heavy atom. The number of hydrogen-bond acceptors (Lipinski definition) is 3. The van der Waals surface area contributed by atoms with Crippen molar-refractivity contribution >= 4 is 10.9 Å². The molecule has 0 aliphatic rings. The predicted octanol–water partition coefficient (Wildman–Crippen LogP) is 3.56. The lowest BCUT2D eigenvalue weighted by atomic mass is 10.1. The summed E-state index contributed by atoms with van der Waals surface area (Å²) in [5, 5.41) is 1.03. The molecule has 0 radical (unpaired) electrons. The number of hydrogen-bond donors (Lipinski definition) is 0. The lowest BCUT2D eigenvalue weighted by Gasteiger charge is -2.05. The van der Waals surface area contributed by atoms with Crippen LogP contribution in [-0.2, 0) is 6.42 Å². The summed E-state index contributed by atoms with van der Waals surface area (Å²) < 4.78 is 5.63. The first kappa shape index (κ1) is 12.6. The maximum absolute atomic E-state index is 5.63. The molecule has 20 heavy (non-hydrogen) atoms. The van der Waals surface area contributed by atoms with E-state index < -0.39 is 0 Å². The lowest BCUT2D eigenvalue weighted by molar-refractivity contribution is 0.297. The molecule has 0 N–H and O–H groups in total. The first-order valence-electron chi connectivity index (χ1n) is 6.71. The summed E-state index contributed by atoms with van der Waals surface area (Å²) in [5.41, 5.74) is 3.44. The second-order valence-electron chi connectivity index (χ2n) is 4.80. The molecule has 2 aromatic carbocycles. The SMILES string of the molecule is Cc1ccc(CCOc2ncc3ccccc3n2)cc1. The van der Waals surface area contributed by atoms with Gasteiger partial charge < -0.3 is 4.74 Å². The fourth-order valence-corrected chi connectivity index (χ4v) is 2.04. The number of nitrogens with zero attached hydrogens (tertiary/aromatic N) is 2. The van der Waals surface area contributed by atoms with E-state index in [9.17, 15) is 0 Å². The van der Waals surface area contributed by atoms with Gasteiger partial charge in [0, 0.05) is 18.0 Å². The van der Waals surface area contributed by atoms with E-state index in [1.165, 1.54) is 11.1 Å². The first-order chi connectivity index (χ1) is 9.81. The number of aryl methyl sites for hydroxylation is 1. The molecular formula is C17H16N2O. The molecule has 100 valence electrons. The molecule has 3 nitrogen and oxygen atoms in total. The minimum atomic E-state index is 0.441. The van der Waals surface area contributed by atoms with Crippen molar-refractivity contribution in [1.82, 2.24) is 9.97 Å². The number of rotatable bonds is 4. The zero-order valence-electron chi connectivity index (χ0n) is 11.4. The van der Waals surface area contributed by atoms with Gasteiger partial charge in [-0.05, 0) is 18.6 Å². The normalized spacial score (nSPS) is 10.7. The van der Waals surface area contributed by atoms with Crippen molar-refractivity contribution in [3.8, 4) is 6.01 Å². The first-order valence-corrected chi connectivity index (χ1v) is 6.71. The van der Waals surface area contributed by atoms with Gasteiger partial charge in [-0.2, -0.15) is 4.98 Å². The molecule has 3 rings (SSSR count). The van der Waals surface area contributed by atoms with Gasteiger partial charge in [0.2, 0.25) is 0 Å². The summed E-state index contributed by atoms with van der Waals surface area (Å²) in [4.78, 5) is 8.61. The van der Waals surface area contributed by atoms with Crippen molar-refractivity contribution in [3.63, 3.8) is 0 Å². The number of ether oxygens (including phenoxy) is 1. The molecule has 0 fully saturated rings. The van der Waals surface area contributed by atoms with E-state index >= 15 is 0 Å². The van der Waals surface area contributed by atoms with Gasteiger partial charge in [0.25, 0.3) is 0 Å².